The molecule has 0 fully saturated rings. The molecule has 4 rings (SSSR count). The molecular formula is C20H18N4O6. The van der Waals surface area contributed by atoms with Gasteiger partial charge in [0.15, 0.2) is 17.4 Å². The number of methoxy groups -OCH3 is 2. The molecule has 0 aliphatic carbocycles. The lowest BCUT2D eigenvalue weighted by Gasteiger charge is -2.31. The highest BCUT2D eigenvalue weighted by atomic mass is 16.5. The van der Waals surface area contributed by atoms with Crippen molar-refractivity contribution in [2.24, 2.45) is 0 Å². The summed E-state index contributed by atoms with van der Waals surface area (Å²) in [4.78, 5) is 30.4. The number of carbonyl (C=O) groups is 2. The zero-order valence-corrected chi connectivity index (χ0v) is 16.2. The average molecular weight is 410 g/mol. The van der Waals surface area contributed by atoms with Gasteiger partial charge >= 0.3 is 11.9 Å². The molecule has 0 saturated carbocycles. The van der Waals surface area contributed by atoms with Crippen LogP contribution in [-0.2, 0) is 23.8 Å². The Morgan fingerprint density at radius 1 is 1.10 bits per heavy atom. The largest absolute Gasteiger partial charge is 0.466 e. The molecule has 0 spiro atoms. The lowest BCUT2D eigenvalue weighted by Crippen LogP contribution is -2.38. The molecule has 0 unspecified atom stereocenters. The summed E-state index contributed by atoms with van der Waals surface area (Å²) < 4.78 is 20.4. The SMILES string of the molecule is COC(=O)C1=C(C(=O)OC)N(c2ccc(-c3n[nH]c(-c4ccco4)n3)cc2)COC1. The van der Waals surface area contributed by atoms with Crippen LogP contribution in [0.4, 0.5) is 5.69 Å². The van der Waals surface area contributed by atoms with Crippen molar-refractivity contribution in [2.45, 2.75) is 0 Å². The number of benzene rings is 1. The normalized spacial score (nSPS) is 14.0. The van der Waals surface area contributed by atoms with Crippen LogP contribution in [-0.4, -0.2) is 54.7 Å². The lowest BCUT2D eigenvalue weighted by atomic mass is 10.1. The molecule has 0 radical (unpaired) electrons. The summed E-state index contributed by atoms with van der Waals surface area (Å²) in [6.45, 7) is 0.0337. The number of furan rings is 1. The van der Waals surface area contributed by atoms with Crippen LogP contribution < -0.4 is 4.90 Å². The number of hydrogen-bond donors (Lipinski definition) is 1. The summed E-state index contributed by atoms with van der Waals surface area (Å²) in [5.74, 6) is 0.283. The molecule has 3 heterocycles. The van der Waals surface area contributed by atoms with Crippen molar-refractivity contribution < 1.29 is 28.2 Å². The Morgan fingerprint density at radius 2 is 1.87 bits per heavy atom. The van der Waals surface area contributed by atoms with Gasteiger partial charge in [0.05, 0.1) is 32.7 Å². The van der Waals surface area contributed by atoms with Crippen molar-refractivity contribution in [3.8, 4) is 23.0 Å². The van der Waals surface area contributed by atoms with Gasteiger partial charge in [-0.05, 0) is 36.4 Å². The highest BCUT2D eigenvalue weighted by molar-refractivity contribution is 6.03. The van der Waals surface area contributed by atoms with Crippen molar-refractivity contribution in [2.75, 3.05) is 32.5 Å². The Kier molecular flexibility index (Phi) is 5.31. The van der Waals surface area contributed by atoms with E-state index in [0.717, 1.165) is 5.56 Å². The van der Waals surface area contributed by atoms with Crippen molar-refractivity contribution in [3.63, 3.8) is 0 Å². The maximum absolute atomic E-state index is 12.4. The van der Waals surface area contributed by atoms with Gasteiger partial charge in [-0.25, -0.2) is 14.6 Å². The molecule has 10 nitrogen and oxygen atoms in total. The number of aromatic nitrogens is 3. The third-order valence-electron chi connectivity index (χ3n) is 4.51. The lowest BCUT2D eigenvalue weighted by molar-refractivity contribution is -0.140. The number of anilines is 1. The number of ether oxygens (including phenoxy) is 3. The average Bonchev–Trinajstić information content (AvgIpc) is 3.49. The quantitative estimate of drug-likeness (QED) is 0.631. The number of carbonyl (C=O) groups excluding carboxylic acids is 2. The molecule has 0 saturated heterocycles. The molecule has 0 atom stereocenters. The molecule has 1 N–H and O–H groups in total. The maximum Gasteiger partial charge on any atom is 0.355 e. The summed E-state index contributed by atoms with van der Waals surface area (Å²) in [5.41, 5.74) is 1.56. The van der Waals surface area contributed by atoms with E-state index in [4.69, 9.17) is 18.6 Å². The highest BCUT2D eigenvalue weighted by Gasteiger charge is 2.32. The number of esters is 2. The van der Waals surface area contributed by atoms with E-state index in [9.17, 15) is 9.59 Å². The van der Waals surface area contributed by atoms with Gasteiger partial charge in [0.2, 0.25) is 0 Å². The third kappa shape index (κ3) is 3.55. The number of nitrogens with zero attached hydrogens (tertiary/aromatic N) is 3. The second-order valence-electron chi connectivity index (χ2n) is 6.25. The first-order chi connectivity index (χ1) is 14.6. The highest BCUT2D eigenvalue weighted by Crippen LogP contribution is 2.29. The second kappa shape index (κ2) is 8.21. The van der Waals surface area contributed by atoms with E-state index in [0.29, 0.717) is 23.1 Å². The first-order valence-corrected chi connectivity index (χ1v) is 8.94. The Hall–Kier alpha value is -3.92. The molecule has 1 aliphatic rings. The van der Waals surface area contributed by atoms with Crippen LogP contribution in [0.2, 0.25) is 0 Å². The van der Waals surface area contributed by atoms with Crippen LogP contribution in [0, 0.1) is 0 Å². The predicted octanol–water partition coefficient (Wildman–Crippen LogP) is 2.13. The molecular weight excluding hydrogens is 392 g/mol. The van der Waals surface area contributed by atoms with Gasteiger partial charge in [-0.15, -0.1) is 0 Å². The van der Waals surface area contributed by atoms with Gasteiger partial charge in [0.1, 0.15) is 12.4 Å². The topological polar surface area (TPSA) is 120 Å². The van der Waals surface area contributed by atoms with Crippen LogP contribution in [0.3, 0.4) is 0 Å². The van der Waals surface area contributed by atoms with E-state index >= 15 is 0 Å². The van der Waals surface area contributed by atoms with Crippen LogP contribution in [0.25, 0.3) is 23.0 Å². The molecule has 154 valence electrons. The summed E-state index contributed by atoms with van der Waals surface area (Å²) in [6, 6.07) is 10.7. The fourth-order valence-electron chi connectivity index (χ4n) is 3.05. The summed E-state index contributed by atoms with van der Waals surface area (Å²) >= 11 is 0. The molecule has 30 heavy (non-hydrogen) atoms. The van der Waals surface area contributed by atoms with Crippen LogP contribution in [0.1, 0.15) is 0 Å². The molecule has 0 amide bonds. The monoisotopic (exact) mass is 410 g/mol. The number of aromatic amines is 1. The number of rotatable bonds is 5. The summed E-state index contributed by atoms with van der Waals surface area (Å²) in [7, 11) is 2.49. The Morgan fingerprint density at radius 3 is 2.53 bits per heavy atom. The first kappa shape index (κ1) is 19.4. The van der Waals surface area contributed by atoms with Crippen molar-refractivity contribution in [1.29, 1.82) is 0 Å². The van der Waals surface area contributed by atoms with Gasteiger partial charge in [0, 0.05) is 11.3 Å². The van der Waals surface area contributed by atoms with E-state index in [-0.39, 0.29) is 24.6 Å². The van der Waals surface area contributed by atoms with Gasteiger partial charge in [-0.3, -0.25) is 5.10 Å². The van der Waals surface area contributed by atoms with Crippen LogP contribution in [0.15, 0.2) is 58.3 Å². The summed E-state index contributed by atoms with van der Waals surface area (Å²) in [5, 5.41) is 7.04. The van der Waals surface area contributed by atoms with Gasteiger partial charge in [0.25, 0.3) is 0 Å². The minimum Gasteiger partial charge on any atom is -0.466 e. The van der Waals surface area contributed by atoms with E-state index in [1.807, 2.05) is 0 Å². The van der Waals surface area contributed by atoms with Crippen molar-refractivity contribution in [1.82, 2.24) is 15.2 Å². The Labute approximate surface area is 171 Å². The fourth-order valence-corrected chi connectivity index (χ4v) is 3.05. The van der Waals surface area contributed by atoms with E-state index in [2.05, 4.69) is 15.2 Å². The Bertz CT molecular complexity index is 1080. The zero-order chi connectivity index (χ0) is 21.1. The molecule has 1 aromatic carbocycles. The number of hydrogen-bond acceptors (Lipinski definition) is 9. The molecule has 0 bridgehead atoms. The minimum atomic E-state index is -0.653. The van der Waals surface area contributed by atoms with Gasteiger partial charge in [-0.2, -0.15) is 5.10 Å². The van der Waals surface area contributed by atoms with Crippen molar-refractivity contribution in [3.05, 3.63) is 53.9 Å². The Balaban J connectivity index is 1.64. The van der Waals surface area contributed by atoms with E-state index in [1.54, 1.807) is 47.6 Å². The molecule has 10 heteroatoms. The minimum absolute atomic E-state index is 0.0432. The molecule has 2 aromatic heterocycles. The fraction of sp³-hybridized carbons (Fsp3) is 0.200. The van der Waals surface area contributed by atoms with E-state index in [1.165, 1.54) is 14.2 Å². The third-order valence-corrected chi connectivity index (χ3v) is 4.51. The van der Waals surface area contributed by atoms with Crippen molar-refractivity contribution >= 4 is 17.6 Å². The smallest absolute Gasteiger partial charge is 0.355 e. The zero-order valence-electron chi connectivity index (χ0n) is 16.2. The van der Waals surface area contributed by atoms with Crippen LogP contribution in [0.5, 0.6) is 0 Å². The predicted molar refractivity (Wildman–Crippen MR) is 104 cm³/mol. The molecule has 3 aromatic rings. The van der Waals surface area contributed by atoms with Crippen LogP contribution >= 0.6 is 0 Å². The standard InChI is InChI=1S/C20H18N4O6/c1-27-19(25)14-10-29-11-24(16(14)20(26)28-2)13-7-5-12(6-8-13)17-21-18(23-22-17)15-4-3-9-30-15/h3-9H,10-11H2,1-2H3,(H,21,22,23). The summed E-state index contributed by atoms with van der Waals surface area (Å²) in [6.07, 6.45) is 1.56. The second-order valence-corrected chi connectivity index (χ2v) is 6.25. The van der Waals surface area contributed by atoms with Gasteiger partial charge < -0.3 is 23.5 Å². The van der Waals surface area contributed by atoms with Gasteiger partial charge in [-0.1, -0.05) is 0 Å². The number of nitrogens with one attached hydrogen (secondary N) is 1. The maximum atomic E-state index is 12.4. The molecule has 1 aliphatic heterocycles. The number of H-pyrrole nitrogens is 1. The first-order valence-electron chi connectivity index (χ1n) is 8.94. The van der Waals surface area contributed by atoms with E-state index < -0.39 is 11.9 Å².